The number of hydrogen-bond donors (Lipinski definition) is 1. The third kappa shape index (κ3) is 2.57. The zero-order valence-electron chi connectivity index (χ0n) is 6.05. The molecule has 0 spiro atoms. The van der Waals surface area contributed by atoms with Crippen LogP contribution >= 0.6 is 27.5 Å². The number of carboxylic acid groups (broad SMARTS) is 1. The van der Waals surface area contributed by atoms with E-state index >= 15 is 0 Å². The van der Waals surface area contributed by atoms with E-state index in [1.54, 1.807) is 0 Å². The Morgan fingerprint density at radius 1 is 1.62 bits per heavy atom. The summed E-state index contributed by atoms with van der Waals surface area (Å²) in [5, 5.41) is 8.17. The second-order valence-corrected chi connectivity index (χ2v) is 3.33. The largest absolute Gasteiger partial charge is 0.511 e. The minimum Gasteiger partial charge on any atom is -0.449 e. The van der Waals surface area contributed by atoms with Gasteiger partial charge in [0, 0.05) is 0 Å². The Morgan fingerprint density at radius 3 is 2.77 bits per heavy atom. The molecule has 0 bridgehead atoms. The molecule has 0 saturated heterocycles. The van der Waals surface area contributed by atoms with Crippen LogP contribution in [-0.2, 0) is 0 Å². The number of hydrogen-bond acceptors (Lipinski definition) is 2. The maximum Gasteiger partial charge on any atom is 0.511 e. The van der Waals surface area contributed by atoms with Crippen LogP contribution in [0, 0.1) is 5.82 Å². The molecule has 13 heavy (non-hydrogen) atoms. The molecule has 0 saturated carbocycles. The van der Waals surface area contributed by atoms with Crippen molar-refractivity contribution >= 4 is 33.7 Å². The summed E-state index contributed by atoms with van der Waals surface area (Å²) < 4.78 is 17.1. The van der Waals surface area contributed by atoms with E-state index in [0.29, 0.717) is 0 Å². The Balaban J connectivity index is 3.08. The summed E-state index contributed by atoms with van der Waals surface area (Å²) in [6, 6.07) is 2.11. The van der Waals surface area contributed by atoms with Gasteiger partial charge in [-0.05, 0) is 28.1 Å². The Labute approximate surface area is 86.2 Å². The second kappa shape index (κ2) is 3.93. The van der Waals surface area contributed by atoms with Gasteiger partial charge in [0.15, 0.2) is 5.75 Å². The SMILES string of the molecule is O=C(O)Oc1cc(Br)c(F)cc1Cl. The van der Waals surface area contributed by atoms with E-state index in [9.17, 15) is 9.18 Å². The molecule has 1 aromatic carbocycles. The summed E-state index contributed by atoms with van der Waals surface area (Å²) in [5.74, 6) is -0.690. The third-order valence-electron chi connectivity index (χ3n) is 1.17. The van der Waals surface area contributed by atoms with Crippen LogP contribution in [0.2, 0.25) is 5.02 Å². The summed E-state index contributed by atoms with van der Waals surface area (Å²) >= 11 is 8.36. The van der Waals surface area contributed by atoms with Gasteiger partial charge < -0.3 is 9.84 Å². The van der Waals surface area contributed by atoms with Crippen molar-refractivity contribution in [2.24, 2.45) is 0 Å². The summed E-state index contributed by atoms with van der Waals surface area (Å²) in [7, 11) is 0. The van der Waals surface area contributed by atoms with Crippen LogP contribution in [0.4, 0.5) is 9.18 Å². The molecule has 0 aromatic heterocycles. The standard InChI is InChI=1S/C7H3BrClFO3/c8-3-1-6(13-7(11)12)4(9)2-5(3)10/h1-2H,(H,11,12). The highest BCUT2D eigenvalue weighted by Crippen LogP contribution is 2.30. The predicted octanol–water partition coefficient (Wildman–Crippen LogP) is 3.30. The lowest BCUT2D eigenvalue weighted by Gasteiger charge is -2.03. The highest BCUT2D eigenvalue weighted by Gasteiger charge is 2.10. The molecule has 0 atom stereocenters. The quantitative estimate of drug-likeness (QED) is 0.483. The molecule has 0 fully saturated rings. The molecular weight excluding hydrogens is 266 g/mol. The lowest BCUT2D eigenvalue weighted by atomic mass is 10.3. The van der Waals surface area contributed by atoms with Crippen LogP contribution < -0.4 is 4.74 Å². The van der Waals surface area contributed by atoms with E-state index in [-0.39, 0.29) is 15.2 Å². The van der Waals surface area contributed by atoms with E-state index in [4.69, 9.17) is 16.7 Å². The van der Waals surface area contributed by atoms with Crippen LogP contribution in [0.25, 0.3) is 0 Å². The molecule has 0 radical (unpaired) electrons. The van der Waals surface area contributed by atoms with Gasteiger partial charge in [-0.15, -0.1) is 0 Å². The smallest absolute Gasteiger partial charge is 0.449 e. The first-order chi connectivity index (χ1) is 6.00. The Bertz CT molecular complexity index is 356. The molecule has 0 aliphatic rings. The fourth-order valence-electron chi connectivity index (χ4n) is 0.677. The maximum atomic E-state index is 12.8. The van der Waals surface area contributed by atoms with E-state index in [1.807, 2.05) is 0 Å². The molecule has 1 aromatic rings. The fraction of sp³-hybridized carbons (Fsp3) is 0. The number of rotatable bonds is 1. The van der Waals surface area contributed by atoms with Gasteiger partial charge in [-0.1, -0.05) is 11.6 Å². The predicted molar refractivity (Wildman–Crippen MR) is 47.8 cm³/mol. The Kier molecular flexibility index (Phi) is 3.11. The van der Waals surface area contributed by atoms with Crippen LogP contribution in [0.1, 0.15) is 0 Å². The van der Waals surface area contributed by atoms with Crippen molar-refractivity contribution in [3.8, 4) is 5.75 Å². The average molecular weight is 269 g/mol. The Morgan fingerprint density at radius 2 is 2.23 bits per heavy atom. The number of ether oxygens (including phenoxy) is 1. The zero-order valence-corrected chi connectivity index (χ0v) is 8.39. The molecule has 1 N–H and O–H groups in total. The molecule has 70 valence electrons. The van der Waals surface area contributed by atoms with Crippen molar-refractivity contribution in [1.29, 1.82) is 0 Å². The van der Waals surface area contributed by atoms with Gasteiger partial charge in [0.1, 0.15) is 5.82 Å². The van der Waals surface area contributed by atoms with Gasteiger partial charge in [-0.25, -0.2) is 9.18 Å². The van der Waals surface area contributed by atoms with Gasteiger partial charge in [-0.2, -0.15) is 0 Å². The molecule has 1 rings (SSSR count). The highest BCUT2D eigenvalue weighted by atomic mass is 79.9. The minimum atomic E-state index is -1.50. The Hall–Kier alpha value is -0.810. The van der Waals surface area contributed by atoms with Gasteiger partial charge in [0.2, 0.25) is 0 Å². The molecular formula is C7H3BrClFO3. The van der Waals surface area contributed by atoms with Crippen LogP contribution in [-0.4, -0.2) is 11.3 Å². The normalized spacial score (nSPS) is 9.77. The van der Waals surface area contributed by atoms with Crippen molar-refractivity contribution in [2.45, 2.75) is 0 Å². The van der Waals surface area contributed by atoms with Crippen molar-refractivity contribution in [3.05, 3.63) is 27.4 Å². The van der Waals surface area contributed by atoms with E-state index in [2.05, 4.69) is 20.7 Å². The lowest BCUT2D eigenvalue weighted by Crippen LogP contribution is -2.03. The maximum absolute atomic E-state index is 12.8. The molecule has 0 aliphatic carbocycles. The molecule has 6 heteroatoms. The summed E-state index contributed by atoms with van der Waals surface area (Å²) in [4.78, 5) is 10.1. The van der Waals surface area contributed by atoms with Crippen molar-refractivity contribution in [2.75, 3.05) is 0 Å². The number of halogens is 3. The van der Waals surface area contributed by atoms with Crippen molar-refractivity contribution < 1.29 is 19.0 Å². The first-order valence-corrected chi connectivity index (χ1v) is 4.23. The number of carbonyl (C=O) groups is 1. The fourth-order valence-corrected chi connectivity index (χ4v) is 1.19. The first-order valence-electron chi connectivity index (χ1n) is 3.06. The highest BCUT2D eigenvalue weighted by molar-refractivity contribution is 9.10. The van der Waals surface area contributed by atoms with Crippen LogP contribution in [0.3, 0.4) is 0 Å². The van der Waals surface area contributed by atoms with Gasteiger partial charge in [0.05, 0.1) is 9.50 Å². The van der Waals surface area contributed by atoms with Gasteiger partial charge >= 0.3 is 6.16 Å². The molecule has 0 amide bonds. The summed E-state index contributed by atoms with van der Waals surface area (Å²) in [6.45, 7) is 0. The van der Waals surface area contributed by atoms with Crippen molar-refractivity contribution in [3.63, 3.8) is 0 Å². The van der Waals surface area contributed by atoms with E-state index < -0.39 is 12.0 Å². The summed E-state index contributed by atoms with van der Waals surface area (Å²) in [6.07, 6.45) is -1.50. The first kappa shape index (κ1) is 10.3. The van der Waals surface area contributed by atoms with Crippen molar-refractivity contribution in [1.82, 2.24) is 0 Å². The summed E-state index contributed by atoms with van der Waals surface area (Å²) in [5.41, 5.74) is 0. The number of benzene rings is 1. The van der Waals surface area contributed by atoms with Gasteiger partial charge in [-0.3, -0.25) is 0 Å². The monoisotopic (exact) mass is 268 g/mol. The lowest BCUT2D eigenvalue weighted by molar-refractivity contribution is 0.144. The van der Waals surface area contributed by atoms with E-state index in [1.165, 1.54) is 0 Å². The minimum absolute atomic E-state index is 0.0909. The molecule has 0 heterocycles. The van der Waals surface area contributed by atoms with E-state index in [0.717, 1.165) is 12.1 Å². The third-order valence-corrected chi connectivity index (χ3v) is 2.08. The topological polar surface area (TPSA) is 46.5 Å². The van der Waals surface area contributed by atoms with Crippen LogP contribution in [0.5, 0.6) is 5.75 Å². The molecule has 0 aliphatic heterocycles. The second-order valence-electron chi connectivity index (χ2n) is 2.06. The zero-order chi connectivity index (χ0) is 10.0. The van der Waals surface area contributed by atoms with Gasteiger partial charge in [0.25, 0.3) is 0 Å². The van der Waals surface area contributed by atoms with Crippen LogP contribution in [0.15, 0.2) is 16.6 Å². The average Bonchev–Trinajstić information content (AvgIpc) is 1.99. The molecule has 0 unspecified atom stereocenters. The molecule has 3 nitrogen and oxygen atoms in total.